The van der Waals surface area contributed by atoms with E-state index in [0.717, 1.165) is 29.9 Å². The summed E-state index contributed by atoms with van der Waals surface area (Å²) in [6.07, 6.45) is 7.65. The summed E-state index contributed by atoms with van der Waals surface area (Å²) in [5.74, 6) is 2.09. The van der Waals surface area contributed by atoms with Gasteiger partial charge in [0, 0.05) is 0 Å². The molecule has 5 heteroatoms. The molecule has 0 radical (unpaired) electrons. The number of aliphatic hydroxyl groups excluding tert-OH is 1. The summed E-state index contributed by atoms with van der Waals surface area (Å²) < 4.78 is 16.1. The van der Waals surface area contributed by atoms with Crippen LogP contribution in [0.3, 0.4) is 0 Å². The van der Waals surface area contributed by atoms with Crippen molar-refractivity contribution in [1.29, 1.82) is 0 Å². The number of carbonyl (C=O) groups excluding carboxylic acids is 1. The second kappa shape index (κ2) is 16.3. The number of aryl methyl sites for hydroxylation is 1. The van der Waals surface area contributed by atoms with Gasteiger partial charge in [-0.05, 0) is 68.2 Å². The van der Waals surface area contributed by atoms with Crippen LogP contribution in [-0.2, 0) is 19.7 Å². The Labute approximate surface area is 220 Å². The van der Waals surface area contributed by atoms with Crippen molar-refractivity contribution in [3.8, 4) is 5.75 Å². The molecule has 0 heterocycles. The lowest BCUT2D eigenvalue weighted by Gasteiger charge is -2.35. The maximum atomic E-state index is 10.3. The molecular weight excluding hydrogens is 452 g/mol. The van der Waals surface area contributed by atoms with Gasteiger partial charge in [0.1, 0.15) is 24.7 Å². The normalized spacial score (nSPS) is 13.5. The number of hydrogen-bond acceptors (Lipinski definition) is 5. The van der Waals surface area contributed by atoms with Gasteiger partial charge in [-0.25, -0.2) is 0 Å². The van der Waals surface area contributed by atoms with Gasteiger partial charge in [-0.15, -0.1) is 0 Å². The highest BCUT2D eigenvalue weighted by Gasteiger charge is 2.35. The van der Waals surface area contributed by atoms with Crippen LogP contribution >= 0.6 is 0 Å². The molecule has 1 rings (SSSR count). The molecular formula is C31H50O5. The zero-order chi connectivity index (χ0) is 27.9. The number of rotatable bonds is 13. The van der Waals surface area contributed by atoms with Gasteiger partial charge < -0.3 is 19.3 Å². The largest absolute Gasteiger partial charge is 0.493 e. The minimum atomic E-state index is -0.523. The standard InChI is InChI=1S/C29H46O3.C2H4O2/c1-11-16-31-27(18-22(6)17-21(4)5)29(12-2,13-3)24-14-15-25(23(7)19-24)32-20-26(30)28(8,9)10;1-4-2-3/h11,14-15,17-19,22,26,30H,1,12-13,16,20H2,2-10H3;2H,1H3/b27-18-;. The van der Waals surface area contributed by atoms with Crippen molar-refractivity contribution >= 4 is 6.47 Å². The van der Waals surface area contributed by atoms with E-state index in [9.17, 15) is 5.11 Å². The summed E-state index contributed by atoms with van der Waals surface area (Å²) in [6.45, 7) is 24.0. The SMILES string of the molecule is C=CCO/C(=C\C(C)C=C(C)C)C(CC)(CC)c1ccc(OCC(O)C(C)(C)C)c(C)c1.COC=O. The molecule has 1 aromatic rings. The van der Waals surface area contributed by atoms with Crippen molar-refractivity contribution in [2.75, 3.05) is 20.3 Å². The molecule has 1 aromatic carbocycles. The fourth-order valence-corrected chi connectivity index (χ4v) is 3.98. The summed E-state index contributed by atoms with van der Waals surface area (Å²) in [6, 6.07) is 6.39. The molecule has 2 atom stereocenters. The second-order valence-corrected chi connectivity index (χ2v) is 10.5. The predicted molar refractivity (Wildman–Crippen MR) is 150 cm³/mol. The number of hydrogen-bond donors (Lipinski definition) is 1. The highest BCUT2D eigenvalue weighted by Crippen LogP contribution is 2.41. The summed E-state index contributed by atoms with van der Waals surface area (Å²) in [5, 5.41) is 10.3. The van der Waals surface area contributed by atoms with E-state index in [4.69, 9.17) is 14.3 Å². The number of allylic oxidation sites excluding steroid dienone is 4. The van der Waals surface area contributed by atoms with E-state index in [0.29, 0.717) is 13.1 Å². The highest BCUT2D eigenvalue weighted by atomic mass is 16.5. The Morgan fingerprint density at radius 2 is 1.72 bits per heavy atom. The lowest BCUT2D eigenvalue weighted by molar-refractivity contribution is -0.126. The molecule has 0 bridgehead atoms. The number of methoxy groups -OCH3 is 1. The third-order valence-corrected chi connectivity index (χ3v) is 6.27. The molecule has 0 aliphatic heterocycles. The number of aliphatic hydroxyl groups is 1. The number of carbonyl (C=O) groups is 1. The first-order chi connectivity index (χ1) is 16.8. The van der Waals surface area contributed by atoms with E-state index in [1.165, 1.54) is 18.2 Å². The van der Waals surface area contributed by atoms with E-state index in [2.05, 4.69) is 77.1 Å². The van der Waals surface area contributed by atoms with Crippen LogP contribution in [0.2, 0.25) is 0 Å². The predicted octanol–water partition coefficient (Wildman–Crippen LogP) is 7.32. The van der Waals surface area contributed by atoms with Crippen LogP contribution in [-0.4, -0.2) is 38.0 Å². The van der Waals surface area contributed by atoms with Crippen molar-refractivity contribution < 1.29 is 24.1 Å². The van der Waals surface area contributed by atoms with Gasteiger partial charge in [0.05, 0.1) is 18.6 Å². The van der Waals surface area contributed by atoms with Crippen LogP contribution in [0.25, 0.3) is 0 Å². The Morgan fingerprint density at radius 3 is 2.14 bits per heavy atom. The first-order valence-corrected chi connectivity index (χ1v) is 12.8. The first-order valence-electron chi connectivity index (χ1n) is 12.8. The molecule has 0 fully saturated rings. The van der Waals surface area contributed by atoms with E-state index in [-0.39, 0.29) is 23.4 Å². The van der Waals surface area contributed by atoms with Crippen molar-refractivity contribution in [1.82, 2.24) is 0 Å². The highest BCUT2D eigenvalue weighted by molar-refractivity contribution is 5.43. The van der Waals surface area contributed by atoms with Crippen LogP contribution in [0, 0.1) is 18.3 Å². The van der Waals surface area contributed by atoms with E-state index < -0.39 is 6.10 Å². The van der Waals surface area contributed by atoms with Gasteiger partial charge >= 0.3 is 0 Å². The van der Waals surface area contributed by atoms with Gasteiger partial charge in [-0.3, -0.25) is 4.79 Å². The summed E-state index contributed by atoms with van der Waals surface area (Å²) in [5.41, 5.74) is 3.16. The lowest BCUT2D eigenvalue weighted by Crippen LogP contribution is -2.32. The minimum absolute atomic E-state index is 0.211. The first kappa shape index (κ1) is 33.5. The van der Waals surface area contributed by atoms with Gasteiger partial charge in [-0.2, -0.15) is 0 Å². The molecule has 0 aromatic heterocycles. The molecule has 0 amide bonds. The average molecular weight is 503 g/mol. The molecule has 0 saturated carbocycles. The summed E-state index contributed by atoms with van der Waals surface area (Å²) in [7, 11) is 1.31. The Morgan fingerprint density at radius 1 is 1.14 bits per heavy atom. The van der Waals surface area contributed by atoms with E-state index >= 15 is 0 Å². The molecule has 0 aliphatic rings. The maximum Gasteiger partial charge on any atom is 0.292 e. The van der Waals surface area contributed by atoms with Crippen LogP contribution in [0.5, 0.6) is 5.75 Å². The summed E-state index contributed by atoms with van der Waals surface area (Å²) >= 11 is 0. The van der Waals surface area contributed by atoms with Crippen LogP contribution in [0.15, 0.2) is 54.3 Å². The van der Waals surface area contributed by atoms with Gasteiger partial charge in [0.2, 0.25) is 0 Å². The monoisotopic (exact) mass is 502 g/mol. The van der Waals surface area contributed by atoms with Crippen molar-refractivity contribution in [2.45, 2.75) is 86.7 Å². The zero-order valence-corrected chi connectivity index (χ0v) is 24.3. The Bertz CT molecular complexity index is 852. The van der Waals surface area contributed by atoms with E-state index in [1.807, 2.05) is 26.8 Å². The smallest absolute Gasteiger partial charge is 0.292 e. The Kier molecular flexibility index (Phi) is 15.1. The maximum absolute atomic E-state index is 10.3. The quantitative estimate of drug-likeness (QED) is 0.174. The van der Waals surface area contributed by atoms with Crippen LogP contribution in [0.4, 0.5) is 0 Å². The van der Waals surface area contributed by atoms with Crippen molar-refractivity contribution in [2.24, 2.45) is 11.3 Å². The van der Waals surface area contributed by atoms with Crippen molar-refractivity contribution in [3.63, 3.8) is 0 Å². The van der Waals surface area contributed by atoms with Crippen LogP contribution in [0.1, 0.15) is 79.4 Å². The van der Waals surface area contributed by atoms with Gasteiger partial charge in [0.25, 0.3) is 6.47 Å². The fourth-order valence-electron chi connectivity index (χ4n) is 3.98. The van der Waals surface area contributed by atoms with Crippen molar-refractivity contribution in [3.05, 3.63) is 65.5 Å². The third kappa shape index (κ3) is 10.6. The molecule has 5 nitrogen and oxygen atoms in total. The Hall–Kier alpha value is -2.53. The molecule has 0 aliphatic carbocycles. The second-order valence-electron chi connectivity index (χ2n) is 10.5. The number of ether oxygens (including phenoxy) is 3. The summed E-state index contributed by atoms with van der Waals surface area (Å²) in [4.78, 5) is 8.95. The average Bonchev–Trinajstić information content (AvgIpc) is 2.81. The fraction of sp³-hybridized carbons (Fsp3) is 0.581. The molecule has 1 N–H and O–H groups in total. The van der Waals surface area contributed by atoms with Gasteiger partial charge in [0.15, 0.2) is 0 Å². The number of benzene rings is 1. The topological polar surface area (TPSA) is 65.0 Å². The zero-order valence-electron chi connectivity index (χ0n) is 24.3. The van der Waals surface area contributed by atoms with Crippen LogP contribution < -0.4 is 4.74 Å². The van der Waals surface area contributed by atoms with Gasteiger partial charge in [-0.1, -0.05) is 78.0 Å². The molecule has 36 heavy (non-hydrogen) atoms. The third-order valence-electron chi connectivity index (χ3n) is 6.27. The van der Waals surface area contributed by atoms with E-state index in [1.54, 1.807) is 6.08 Å². The Balaban J connectivity index is 0.00000283. The molecule has 0 spiro atoms. The lowest BCUT2D eigenvalue weighted by atomic mass is 9.73. The molecule has 0 saturated heterocycles. The molecule has 2 unspecified atom stereocenters. The minimum Gasteiger partial charge on any atom is -0.493 e. The molecule has 204 valence electrons.